The van der Waals surface area contributed by atoms with Crippen molar-refractivity contribution in [2.45, 2.75) is 31.6 Å². The van der Waals surface area contributed by atoms with Crippen molar-refractivity contribution in [3.05, 3.63) is 41.5 Å². The highest BCUT2D eigenvalue weighted by molar-refractivity contribution is 5.61. The number of imidazole rings is 1. The van der Waals surface area contributed by atoms with Crippen molar-refractivity contribution in [2.24, 2.45) is 0 Å². The molecule has 2 N–H and O–H groups in total. The second-order valence-electron chi connectivity index (χ2n) is 5.10. The zero-order valence-corrected chi connectivity index (χ0v) is 11.0. The maximum absolute atomic E-state index is 13.1. The Labute approximate surface area is 118 Å². The lowest BCUT2D eigenvalue weighted by atomic mass is 10.1. The molecule has 1 aromatic carbocycles. The first-order valence-electron chi connectivity index (χ1n) is 6.58. The Morgan fingerprint density at radius 3 is 2.71 bits per heavy atom. The lowest BCUT2D eigenvalue weighted by molar-refractivity contribution is -0.137. The van der Waals surface area contributed by atoms with E-state index in [1.807, 2.05) is 0 Å². The molecule has 0 saturated heterocycles. The summed E-state index contributed by atoms with van der Waals surface area (Å²) >= 11 is 0. The Bertz CT molecular complexity index is 644. The van der Waals surface area contributed by atoms with Gasteiger partial charge < -0.3 is 10.3 Å². The van der Waals surface area contributed by atoms with Crippen LogP contribution in [0.15, 0.2) is 24.4 Å². The summed E-state index contributed by atoms with van der Waals surface area (Å²) in [5, 5.41) is 3.24. The molecule has 0 amide bonds. The zero-order valence-electron chi connectivity index (χ0n) is 11.0. The lowest BCUT2D eigenvalue weighted by Crippen LogP contribution is -2.15. The van der Waals surface area contributed by atoms with E-state index in [0.717, 1.165) is 25.0 Å². The van der Waals surface area contributed by atoms with E-state index in [9.17, 15) is 17.6 Å². The second-order valence-corrected chi connectivity index (χ2v) is 5.10. The third-order valence-corrected chi connectivity index (χ3v) is 3.33. The molecule has 112 valence electrons. The van der Waals surface area contributed by atoms with Crippen LogP contribution in [-0.4, -0.2) is 16.0 Å². The first kappa shape index (κ1) is 14.1. The van der Waals surface area contributed by atoms with Crippen LogP contribution < -0.4 is 5.32 Å². The number of aromatic nitrogens is 2. The molecular weight excluding hydrogens is 286 g/mol. The summed E-state index contributed by atoms with van der Waals surface area (Å²) in [6, 6.07) is 3.07. The van der Waals surface area contributed by atoms with Crippen molar-refractivity contribution < 1.29 is 17.6 Å². The van der Waals surface area contributed by atoms with Crippen molar-refractivity contribution in [3.63, 3.8) is 0 Å². The summed E-state index contributed by atoms with van der Waals surface area (Å²) in [4.78, 5) is 6.82. The van der Waals surface area contributed by atoms with E-state index in [1.54, 1.807) is 0 Å². The Hall–Kier alpha value is -1.89. The summed E-state index contributed by atoms with van der Waals surface area (Å²) in [6.45, 7) is 0.528. The third kappa shape index (κ3) is 3.24. The predicted octanol–water partition coefficient (Wildman–Crippen LogP) is 3.49. The second kappa shape index (κ2) is 5.14. The SMILES string of the molecule is Fc1ccc(-c2ncc(CNC3CC3)[nH]2)c(C(F)(F)F)c1. The predicted molar refractivity (Wildman–Crippen MR) is 68.8 cm³/mol. The van der Waals surface area contributed by atoms with Gasteiger partial charge >= 0.3 is 6.18 Å². The summed E-state index contributed by atoms with van der Waals surface area (Å²) < 4.78 is 52.0. The molecule has 1 aliphatic rings. The number of H-pyrrole nitrogens is 1. The average Bonchev–Trinajstić information content (AvgIpc) is 3.13. The van der Waals surface area contributed by atoms with Gasteiger partial charge in [0.05, 0.1) is 5.56 Å². The summed E-state index contributed by atoms with van der Waals surface area (Å²) in [6.07, 6.45) is -0.890. The van der Waals surface area contributed by atoms with E-state index < -0.39 is 17.6 Å². The molecule has 1 heterocycles. The minimum absolute atomic E-state index is 0.0925. The topological polar surface area (TPSA) is 40.7 Å². The van der Waals surface area contributed by atoms with E-state index in [1.165, 1.54) is 6.20 Å². The molecule has 1 aliphatic carbocycles. The smallest absolute Gasteiger partial charge is 0.341 e. The molecule has 1 saturated carbocycles. The largest absolute Gasteiger partial charge is 0.417 e. The molecule has 1 fully saturated rings. The summed E-state index contributed by atoms with van der Waals surface area (Å²) in [7, 11) is 0. The van der Waals surface area contributed by atoms with Gasteiger partial charge in [0.2, 0.25) is 0 Å². The third-order valence-electron chi connectivity index (χ3n) is 3.33. The highest BCUT2D eigenvalue weighted by atomic mass is 19.4. The zero-order chi connectivity index (χ0) is 15.0. The molecular formula is C14H13F4N3. The minimum Gasteiger partial charge on any atom is -0.341 e. The minimum atomic E-state index is -4.63. The fourth-order valence-corrected chi connectivity index (χ4v) is 2.09. The number of aromatic amines is 1. The summed E-state index contributed by atoms with van der Waals surface area (Å²) in [5.41, 5.74) is -0.477. The Balaban J connectivity index is 1.88. The molecule has 3 nitrogen and oxygen atoms in total. The number of hydrogen-bond donors (Lipinski definition) is 2. The van der Waals surface area contributed by atoms with E-state index in [0.29, 0.717) is 24.3 Å². The van der Waals surface area contributed by atoms with E-state index in [2.05, 4.69) is 15.3 Å². The fraction of sp³-hybridized carbons (Fsp3) is 0.357. The van der Waals surface area contributed by atoms with Crippen LogP contribution in [0.2, 0.25) is 0 Å². The molecule has 0 unspecified atom stereocenters. The highest BCUT2D eigenvalue weighted by Crippen LogP contribution is 2.36. The highest BCUT2D eigenvalue weighted by Gasteiger charge is 2.34. The van der Waals surface area contributed by atoms with Crippen molar-refractivity contribution in [1.29, 1.82) is 0 Å². The van der Waals surface area contributed by atoms with Gasteiger partial charge in [0.1, 0.15) is 11.6 Å². The average molecular weight is 299 g/mol. The van der Waals surface area contributed by atoms with Gasteiger partial charge in [-0.25, -0.2) is 9.37 Å². The molecule has 1 aromatic heterocycles. The van der Waals surface area contributed by atoms with Gasteiger partial charge in [0, 0.05) is 30.0 Å². The van der Waals surface area contributed by atoms with Crippen molar-refractivity contribution in [1.82, 2.24) is 15.3 Å². The number of nitrogens with one attached hydrogen (secondary N) is 2. The number of nitrogens with zero attached hydrogens (tertiary/aromatic N) is 1. The van der Waals surface area contributed by atoms with Crippen LogP contribution in [0.3, 0.4) is 0 Å². The van der Waals surface area contributed by atoms with E-state index in [4.69, 9.17) is 0 Å². The number of benzene rings is 1. The van der Waals surface area contributed by atoms with Crippen LogP contribution in [0, 0.1) is 5.82 Å². The first-order valence-corrected chi connectivity index (χ1v) is 6.58. The lowest BCUT2D eigenvalue weighted by Gasteiger charge is -2.11. The van der Waals surface area contributed by atoms with Crippen LogP contribution in [-0.2, 0) is 12.7 Å². The fourth-order valence-electron chi connectivity index (χ4n) is 2.09. The van der Waals surface area contributed by atoms with Gasteiger partial charge in [0.15, 0.2) is 0 Å². The molecule has 0 aliphatic heterocycles. The molecule has 0 spiro atoms. The van der Waals surface area contributed by atoms with Gasteiger partial charge in [-0.15, -0.1) is 0 Å². The van der Waals surface area contributed by atoms with Crippen LogP contribution in [0.1, 0.15) is 24.1 Å². The molecule has 0 radical (unpaired) electrons. The maximum atomic E-state index is 13.1. The molecule has 3 rings (SSSR count). The molecule has 21 heavy (non-hydrogen) atoms. The Kier molecular flexibility index (Phi) is 3.44. The molecule has 7 heteroatoms. The van der Waals surface area contributed by atoms with Crippen molar-refractivity contribution in [2.75, 3.05) is 0 Å². The normalized spacial score (nSPS) is 15.4. The monoisotopic (exact) mass is 299 g/mol. The maximum Gasteiger partial charge on any atom is 0.417 e. The first-order chi connectivity index (χ1) is 9.93. The van der Waals surface area contributed by atoms with Crippen LogP contribution in [0.5, 0.6) is 0 Å². The molecule has 2 aromatic rings. The van der Waals surface area contributed by atoms with Gasteiger partial charge in [-0.05, 0) is 31.0 Å². The summed E-state index contributed by atoms with van der Waals surface area (Å²) in [5.74, 6) is -0.830. The van der Waals surface area contributed by atoms with Crippen molar-refractivity contribution in [3.8, 4) is 11.4 Å². The quantitative estimate of drug-likeness (QED) is 0.849. The molecule has 0 bridgehead atoms. The Morgan fingerprint density at radius 1 is 1.29 bits per heavy atom. The molecule has 0 atom stereocenters. The number of hydrogen-bond acceptors (Lipinski definition) is 2. The van der Waals surface area contributed by atoms with Gasteiger partial charge in [-0.2, -0.15) is 13.2 Å². The number of halogens is 4. The number of rotatable bonds is 4. The van der Waals surface area contributed by atoms with Crippen LogP contribution in [0.4, 0.5) is 17.6 Å². The van der Waals surface area contributed by atoms with Crippen LogP contribution in [0.25, 0.3) is 11.4 Å². The van der Waals surface area contributed by atoms with E-state index in [-0.39, 0.29) is 11.4 Å². The standard InChI is InChI=1S/C14H13F4N3/c15-8-1-4-11(12(5-8)14(16,17)18)13-20-7-10(21-13)6-19-9-2-3-9/h1,4-5,7,9,19H,2-3,6H2,(H,20,21). The van der Waals surface area contributed by atoms with Crippen LogP contribution >= 0.6 is 0 Å². The Morgan fingerprint density at radius 2 is 2.05 bits per heavy atom. The van der Waals surface area contributed by atoms with E-state index >= 15 is 0 Å². The van der Waals surface area contributed by atoms with Gasteiger partial charge in [-0.1, -0.05) is 0 Å². The van der Waals surface area contributed by atoms with Gasteiger partial charge in [-0.3, -0.25) is 0 Å². The van der Waals surface area contributed by atoms with Gasteiger partial charge in [0.25, 0.3) is 0 Å². The van der Waals surface area contributed by atoms with Crippen molar-refractivity contribution >= 4 is 0 Å². The number of alkyl halides is 3.